The van der Waals surface area contributed by atoms with Gasteiger partial charge < -0.3 is 4.43 Å². The van der Waals surface area contributed by atoms with Gasteiger partial charge in [0.25, 0.3) is 9.04 Å². The second kappa shape index (κ2) is 6.29. The van der Waals surface area contributed by atoms with Gasteiger partial charge in [-0.3, -0.25) is 4.98 Å². The largest absolute Gasteiger partial charge is 0.541 e. The predicted octanol–water partition coefficient (Wildman–Crippen LogP) is 3.85. The second-order valence-electron chi connectivity index (χ2n) is 4.42. The monoisotopic (exact) mass is 269 g/mol. The van der Waals surface area contributed by atoms with E-state index in [0.717, 1.165) is 22.7 Å². The molecule has 97 valence electrons. The van der Waals surface area contributed by atoms with Crippen molar-refractivity contribution in [2.45, 2.75) is 20.0 Å². The van der Waals surface area contributed by atoms with Crippen LogP contribution in [0, 0.1) is 0 Å². The molecule has 0 saturated carbocycles. The van der Waals surface area contributed by atoms with Crippen molar-refractivity contribution in [3.05, 3.63) is 54.4 Å². The Bertz CT molecular complexity index is 567. The van der Waals surface area contributed by atoms with Gasteiger partial charge >= 0.3 is 0 Å². The summed E-state index contributed by atoms with van der Waals surface area (Å²) in [7, 11) is -0.790. The van der Waals surface area contributed by atoms with Crippen molar-refractivity contribution < 1.29 is 4.43 Å². The molecule has 0 bridgehead atoms. The minimum atomic E-state index is -0.790. The van der Waals surface area contributed by atoms with Gasteiger partial charge in [0.1, 0.15) is 11.4 Å². The van der Waals surface area contributed by atoms with Crippen molar-refractivity contribution in [3.63, 3.8) is 0 Å². The lowest BCUT2D eigenvalue weighted by molar-refractivity contribution is 0.582. The van der Waals surface area contributed by atoms with E-state index in [1.54, 1.807) is 6.20 Å². The van der Waals surface area contributed by atoms with Crippen LogP contribution in [-0.4, -0.2) is 19.7 Å². The van der Waals surface area contributed by atoms with E-state index >= 15 is 0 Å². The van der Waals surface area contributed by atoms with Gasteiger partial charge in [0.05, 0.1) is 0 Å². The first-order valence-electron chi connectivity index (χ1n) is 6.19. The quantitative estimate of drug-likeness (QED) is 0.624. The van der Waals surface area contributed by atoms with Gasteiger partial charge in [-0.2, -0.15) is 0 Å². The van der Waals surface area contributed by atoms with Crippen molar-refractivity contribution in [2.24, 2.45) is 4.99 Å². The Hall–Kier alpha value is -1.94. The molecule has 0 unspecified atom stereocenters. The number of hydrogen-bond acceptors (Lipinski definition) is 3. The molecule has 0 amide bonds. The van der Waals surface area contributed by atoms with Crippen LogP contribution in [0.4, 0.5) is 5.69 Å². The number of nitrogens with zero attached hydrogens (tertiary/aromatic N) is 2. The Balaban J connectivity index is 2.32. The van der Waals surface area contributed by atoms with E-state index in [1.165, 1.54) is 0 Å². The summed E-state index contributed by atoms with van der Waals surface area (Å²) >= 11 is 0. The molecule has 0 fully saturated rings. The van der Waals surface area contributed by atoms with Crippen molar-refractivity contribution in [1.29, 1.82) is 0 Å². The van der Waals surface area contributed by atoms with Crippen LogP contribution >= 0.6 is 0 Å². The zero-order valence-corrected chi connectivity index (χ0v) is 12.4. The Labute approximate surface area is 115 Å². The summed E-state index contributed by atoms with van der Waals surface area (Å²) in [5.41, 5.74) is 2.83. The lowest BCUT2D eigenvalue weighted by atomic mass is 10.2. The van der Waals surface area contributed by atoms with Gasteiger partial charge in [0, 0.05) is 23.7 Å². The standard InChI is InChI=1S/C15H17N2OSi/c1-12(13-7-6-10-16-11-13)17-14-8-4-5-9-15(14)18-19(2)3/h4-11H,1-3H3. The zero-order chi connectivity index (χ0) is 13.7. The maximum absolute atomic E-state index is 5.86. The van der Waals surface area contributed by atoms with Gasteiger partial charge in [-0.15, -0.1) is 0 Å². The highest BCUT2D eigenvalue weighted by Gasteiger charge is 2.06. The lowest BCUT2D eigenvalue weighted by Crippen LogP contribution is -2.11. The van der Waals surface area contributed by atoms with E-state index in [4.69, 9.17) is 4.43 Å². The van der Waals surface area contributed by atoms with Crippen LogP contribution in [-0.2, 0) is 0 Å². The van der Waals surface area contributed by atoms with Crippen molar-refractivity contribution >= 4 is 20.4 Å². The number of pyridine rings is 1. The number of rotatable bonds is 4. The first-order valence-corrected chi connectivity index (χ1v) is 8.60. The van der Waals surface area contributed by atoms with Crippen molar-refractivity contribution in [3.8, 4) is 5.75 Å². The maximum atomic E-state index is 5.86. The molecule has 0 aliphatic carbocycles. The normalized spacial score (nSPS) is 11.7. The molecule has 1 heterocycles. The van der Waals surface area contributed by atoms with Gasteiger partial charge in [-0.1, -0.05) is 18.2 Å². The van der Waals surface area contributed by atoms with Crippen LogP contribution in [0.2, 0.25) is 13.1 Å². The maximum Gasteiger partial charge on any atom is 0.274 e. The summed E-state index contributed by atoms with van der Waals surface area (Å²) in [6, 6.07) is 11.8. The smallest absolute Gasteiger partial charge is 0.274 e. The van der Waals surface area contributed by atoms with Crippen molar-refractivity contribution in [2.75, 3.05) is 0 Å². The molecule has 0 N–H and O–H groups in total. The molecule has 0 saturated heterocycles. The van der Waals surface area contributed by atoms with Crippen LogP contribution in [0.1, 0.15) is 12.5 Å². The fourth-order valence-corrected chi connectivity index (χ4v) is 2.29. The fourth-order valence-electron chi connectivity index (χ4n) is 1.68. The third-order valence-electron chi connectivity index (χ3n) is 2.55. The third kappa shape index (κ3) is 3.76. The average Bonchev–Trinajstić information content (AvgIpc) is 2.41. The van der Waals surface area contributed by atoms with Gasteiger partial charge in [-0.05, 0) is 38.2 Å². The topological polar surface area (TPSA) is 34.5 Å². The molecule has 0 aliphatic heterocycles. The first kappa shape index (κ1) is 13.5. The lowest BCUT2D eigenvalue weighted by Gasteiger charge is -2.11. The van der Waals surface area contributed by atoms with Crippen LogP contribution < -0.4 is 4.43 Å². The Morgan fingerprint density at radius 3 is 2.63 bits per heavy atom. The molecule has 1 radical (unpaired) electrons. The second-order valence-corrected chi connectivity index (χ2v) is 6.44. The van der Waals surface area contributed by atoms with Crippen LogP contribution in [0.25, 0.3) is 0 Å². The Kier molecular flexibility index (Phi) is 4.47. The molecule has 4 heteroatoms. The van der Waals surface area contributed by atoms with E-state index in [-0.39, 0.29) is 0 Å². The van der Waals surface area contributed by atoms with Gasteiger partial charge in [0.2, 0.25) is 0 Å². The molecule has 2 rings (SSSR count). The number of aromatic nitrogens is 1. The highest BCUT2D eigenvalue weighted by molar-refractivity contribution is 6.49. The van der Waals surface area contributed by atoms with Gasteiger partial charge in [-0.25, -0.2) is 4.99 Å². The van der Waals surface area contributed by atoms with E-state index in [2.05, 4.69) is 23.1 Å². The summed E-state index contributed by atoms with van der Waals surface area (Å²) in [6.07, 6.45) is 3.58. The molecule has 0 atom stereocenters. The number of aliphatic imine (C=N–C) groups is 1. The molecule has 0 spiro atoms. The molecule has 3 nitrogen and oxygen atoms in total. The molecule has 0 aliphatic rings. The summed E-state index contributed by atoms with van der Waals surface area (Å²) in [5, 5.41) is 0. The number of benzene rings is 1. The van der Waals surface area contributed by atoms with E-state index in [9.17, 15) is 0 Å². The minimum absolute atomic E-state index is 0.790. The van der Waals surface area contributed by atoms with E-state index < -0.39 is 9.04 Å². The highest BCUT2D eigenvalue weighted by atomic mass is 28.3. The molecular formula is C15H17N2OSi. The average molecular weight is 269 g/mol. The molecular weight excluding hydrogens is 252 g/mol. The number of para-hydroxylation sites is 2. The molecule has 1 aromatic heterocycles. The fraction of sp³-hybridized carbons (Fsp3) is 0.200. The predicted molar refractivity (Wildman–Crippen MR) is 80.7 cm³/mol. The van der Waals surface area contributed by atoms with Gasteiger partial charge in [0.15, 0.2) is 0 Å². The SMILES string of the molecule is CC(=Nc1ccccc1O[Si](C)C)c1cccnc1. The molecule has 19 heavy (non-hydrogen) atoms. The molecule has 1 aromatic carbocycles. The minimum Gasteiger partial charge on any atom is -0.541 e. The zero-order valence-electron chi connectivity index (χ0n) is 11.4. The van der Waals surface area contributed by atoms with E-state index in [0.29, 0.717) is 0 Å². The summed E-state index contributed by atoms with van der Waals surface area (Å²) in [4.78, 5) is 8.76. The summed E-state index contributed by atoms with van der Waals surface area (Å²) in [6.45, 7) is 6.20. The summed E-state index contributed by atoms with van der Waals surface area (Å²) in [5.74, 6) is 0.852. The van der Waals surface area contributed by atoms with Crippen LogP contribution in [0.3, 0.4) is 0 Å². The summed E-state index contributed by atoms with van der Waals surface area (Å²) < 4.78 is 5.86. The number of hydrogen-bond donors (Lipinski definition) is 0. The first-order chi connectivity index (χ1) is 9.16. The van der Waals surface area contributed by atoms with E-state index in [1.807, 2.05) is 49.5 Å². The third-order valence-corrected chi connectivity index (χ3v) is 3.17. The Morgan fingerprint density at radius 2 is 1.95 bits per heavy atom. The van der Waals surface area contributed by atoms with Crippen LogP contribution in [0.5, 0.6) is 5.75 Å². The van der Waals surface area contributed by atoms with Crippen molar-refractivity contribution in [1.82, 2.24) is 4.98 Å². The highest BCUT2D eigenvalue weighted by Crippen LogP contribution is 2.28. The Morgan fingerprint density at radius 1 is 1.16 bits per heavy atom. The molecule has 2 aromatic rings. The van der Waals surface area contributed by atoms with Crippen LogP contribution in [0.15, 0.2) is 53.8 Å².